The summed E-state index contributed by atoms with van der Waals surface area (Å²) in [6.07, 6.45) is 4.52. The van der Waals surface area contributed by atoms with E-state index in [0.29, 0.717) is 12.8 Å². The van der Waals surface area contributed by atoms with E-state index in [0.717, 1.165) is 18.4 Å². The van der Waals surface area contributed by atoms with Gasteiger partial charge in [-0.3, -0.25) is 4.79 Å². The van der Waals surface area contributed by atoms with Crippen LogP contribution >= 0.6 is 0 Å². The molecule has 1 aromatic carbocycles. The topological polar surface area (TPSA) is 66.5 Å². The molecule has 0 aromatic heterocycles. The molecule has 2 heterocycles. The number of benzene rings is 1. The Kier molecular flexibility index (Phi) is 4.42. The van der Waals surface area contributed by atoms with Gasteiger partial charge in [-0.25, -0.2) is 12.8 Å². The van der Waals surface area contributed by atoms with Gasteiger partial charge in [0.15, 0.2) is 0 Å². The Bertz CT molecular complexity index is 676. The lowest BCUT2D eigenvalue weighted by Crippen LogP contribution is -2.52. The third kappa shape index (κ3) is 3.72. The standard InChI is InChI=1S/C16H21FN2O3S/c1-23(21,22)19-14-6-7-15(19)10-13(9-14)18-16(20)8-11-2-4-12(17)5-3-11/h2-5,13-15H,6-10H2,1H3,(H,18,20). The predicted octanol–water partition coefficient (Wildman–Crippen LogP) is 1.44. The van der Waals surface area contributed by atoms with Crippen LogP contribution in [0.1, 0.15) is 31.2 Å². The minimum absolute atomic E-state index is 0.000119. The number of sulfonamides is 1. The lowest BCUT2D eigenvalue weighted by Gasteiger charge is -2.37. The maximum atomic E-state index is 12.9. The van der Waals surface area contributed by atoms with Gasteiger partial charge < -0.3 is 5.32 Å². The maximum absolute atomic E-state index is 12.9. The van der Waals surface area contributed by atoms with Crippen LogP contribution in [0.3, 0.4) is 0 Å². The first-order chi connectivity index (χ1) is 10.8. The van der Waals surface area contributed by atoms with Crippen molar-refractivity contribution in [2.75, 3.05) is 6.26 Å². The highest BCUT2D eigenvalue weighted by Crippen LogP contribution is 2.37. The summed E-state index contributed by atoms with van der Waals surface area (Å²) in [5, 5.41) is 3.00. The molecular formula is C16H21FN2O3S. The Balaban J connectivity index is 1.58. The molecule has 1 aromatic rings. The number of hydrogen-bond donors (Lipinski definition) is 1. The molecule has 2 fully saturated rings. The first-order valence-electron chi connectivity index (χ1n) is 7.85. The van der Waals surface area contributed by atoms with E-state index < -0.39 is 10.0 Å². The Hall–Kier alpha value is -1.47. The summed E-state index contributed by atoms with van der Waals surface area (Å²) < 4.78 is 38.2. The minimum atomic E-state index is -3.18. The quantitative estimate of drug-likeness (QED) is 0.902. The Morgan fingerprint density at radius 3 is 2.30 bits per heavy atom. The second-order valence-electron chi connectivity index (χ2n) is 6.52. The number of fused-ring (bicyclic) bond motifs is 2. The van der Waals surface area contributed by atoms with Crippen LogP contribution in [0.2, 0.25) is 0 Å². The molecule has 2 bridgehead atoms. The van der Waals surface area contributed by atoms with E-state index in [1.807, 2.05) is 0 Å². The largest absolute Gasteiger partial charge is 0.353 e. The van der Waals surface area contributed by atoms with Gasteiger partial charge in [-0.1, -0.05) is 12.1 Å². The van der Waals surface area contributed by atoms with Crippen molar-refractivity contribution in [3.8, 4) is 0 Å². The first-order valence-corrected chi connectivity index (χ1v) is 9.70. The number of amides is 1. The molecule has 0 aliphatic carbocycles. The van der Waals surface area contributed by atoms with Gasteiger partial charge >= 0.3 is 0 Å². The molecule has 3 rings (SSSR count). The van der Waals surface area contributed by atoms with Crippen LogP contribution < -0.4 is 5.32 Å². The first kappa shape index (κ1) is 16.4. The molecule has 2 atom stereocenters. The highest BCUT2D eigenvalue weighted by molar-refractivity contribution is 7.88. The second kappa shape index (κ2) is 6.20. The lowest BCUT2D eigenvalue weighted by molar-refractivity contribution is -0.121. The number of rotatable bonds is 4. The number of piperidine rings is 1. The zero-order chi connectivity index (χ0) is 16.6. The van der Waals surface area contributed by atoms with Crippen molar-refractivity contribution in [3.05, 3.63) is 35.6 Å². The predicted molar refractivity (Wildman–Crippen MR) is 84.8 cm³/mol. The highest BCUT2D eigenvalue weighted by atomic mass is 32.2. The Labute approximate surface area is 135 Å². The third-order valence-electron chi connectivity index (χ3n) is 4.69. The third-order valence-corrected chi connectivity index (χ3v) is 6.05. The molecule has 23 heavy (non-hydrogen) atoms. The summed E-state index contributed by atoms with van der Waals surface area (Å²) >= 11 is 0. The second-order valence-corrected chi connectivity index (χ2v) is 8.40. The average molecular weight is 340 g/mol. The van der Waals surface area contributed by atoms with Crippen LogP contribution in [0.15, 0.2) is 24.3 Å². The van der Waals surface area contributed by atoms with Crippen molar-refractivity contribution in [1.29, 1.82) is 0 Å². The van der Waals surface area contributed by atoms with Gasteiger partial charge in [0, 0.05) is 18.1 Å². The smallest absolute Gasteiger partial charge is 0.224 e. The van der Waals surface area contributed by atoms with Crippen molar-refractivity contribution >= 4 is 15.9 Å². The molecule has 2 unspecified atom stereocenters. The van der Waals surface area contributed by atoms with E-state index in [1.54, 1.807) is 16.4 Å². The van der Waals surface area contributed by atoms with E-state index in [4.69, 9.17) is 0 Å². The van der Waals surface area contributed by atoms with Crippen LogP contribution in [0.25, 0.3) is 0 Å². The van der Waals surface area contributed by atoms with E-state index in [9.17, 15) is 17.6 Å². The lowest BCUT2D eigenvalue weighted by atomic mass is 9.99. The van der Waals surface area contributed by atoms with Gasteiger partial charge in [-0.15, -0.1) is 0 Å². The van der Waals surface area contributed by atoms with Gasteiger partial charge in [-0.05, 0) is 43.4 Å². The normalized spacial score (nSPS) is 27.8. The molecule has 1 amide bonds. The summed E-state index contributed by atoms with van der Waals surface area (Å²) in [4.78, 5) is 12.1. The molecule has 0 radical (unpaired) electrons. The number of carbonyl (C=O) groups excluding carboxylic acids is 1. The molecule has 126 valence electrons. The fourth-order valence-electron chi connectivity index (χ4n) is 3.86. The van der Waals surface area contributed by atoms with Crippen LogP contribution in [0, 0.1) is 5.82 Å². The number of hydrogen-bond acceptors (Lipinski definition) is 3. The van der Waals surface area contributed by atoms with Crippen LogP contribution in [-0.2, 0) is 21.2 Å². The fourth-order valence-corrected chi connectivity index (χ4v) is 5.33. The van der Waals surface area contributed by atoms with Gasteiger partial charge in [-0.2, -0.15) is 4.31 Å². The van der Waals surface area contributed by atoms with Gasteiger partial charge in [0.25, 0.3) is 0 Å². The van der Waals surface area contributed by atoms with Crippen LogP contribution in [-0.4, -0.2) is 43.0 Å². The van der Waals surface area contributed by atoms with Crippen molar-refractivity contribution in [3.63, 3.8) is 0 Å². The summed E-state index contributed by atoms with van der Waals surface area (Å²) in [7, 11) is -3.18. The number of nitrogens with one attached hydrogen (secondary N) is 1. The van der Waals surface area contributed by atoms with E-state index in [1.165, 1.54) is 18.4 Å². The zero-order valence-electron chi connectivity index (χ0n) is 13.0. The summed E-state index contributed by atoms with van der Waals surface area (Å²) in [5.41, 5.74) is 0.764. The van der Waals surface area contributed by atoms with Gasteiger partial charge in [0.1, 0.15) is 5.82 Å². The van der Waals surface area contributed by atoms with E-state index in [-0.39, 0.29) is 36.3 Å². The van der Waals surface area contributed by atoms with Crippen molar-refractivity contribution in [2.45, 2.75) is 50.2 Å². The summed E-state index contributed by atoms with van der Waals surface area (Å²) in [6, 6.07) is 5.90. The van der Waals surface area contributed by atoms with Gasteiger partial charge in [0.2, 0.25) is 15.9 Å². The molecule has 2 saturated heterocycles. The van der Waals surface area contributed by atoms with Crippen LogP contribution in [0.4, 0.5) is 4.39 Å². The fraction of sp³-hybridized carbons (Fsp3) is 0.562. The maximum Gasteiger partial charge on any atom is 0.224 e. The number of carbonyl (C=O) groups is 1. The monoisotopic (exact) mass is 340 g/mol. The van der Waals surface area contributed by atoms with Crippen molar-refractivity contribution in [1.82, 2.24) is 9.62 Å². The molecular weight excluding hydrogens is 319 g/mol. The van der Waals surface area contributed by atoms with E-state index in [2.05, 4.69) is 5.32 Å². The summed E-state index contributed by atoms with van der Waals surface area (Å²) in [5.74, 6) is -0.423. The van der Waals surface area contributed by atoms with E-state index >= 15 is 0 Å². The molecule has 0 spiro atoms. The van der Waals surface area contributed by atoms with Crippen LogP contribution in [0.5, 0.6) is 0 Å². The molecule has 5 nitrogen and oxygen atoms in total. The molecule has 7 heteroatoms. The van der Waals surface area contributed by atoms with Gasteiger partial charge in [0.05, 0.1) is 12.7 Å². The van der Waals surface area contributed by atoms with Crippen molar-refractivity contribution < 1.29 is 17.6 Å². The Morgan fingerprint density at radius 1 is 1.22 bits per heavy atom. The Morgan fingerprint density at radius 2 is 1.78 bits per heavy atom. The molecule has 2 aliphatic heterocycles. The SMILES string of the molecule is CS(=O)(=O)N1C2CCC1CC(NC(=O)Cc1ccc(F)cc1)C2. The minimum Gasteiger partial charge on any atom is -0.353 e. The zero-order valence-corrected chi connectivity index (χ0v) is 13.9. The summed E-state index contributed by atoms with van der Waals surface area (Å²) in [6.45, 7) is 0. The van der Waals surface area contributed by atoms with Crippen molar-refractivity contribution in [2.24, 2.45) is 0 Å². The molecule has 0 saturated carbocycles. The molecule has 2 aliphatic rings. The number of nitrogens with zero attached hydrogens (tertiary/aromatic N) is 1. The highest BCUT2D eigenvalue weighted by Gasteiger charge is 2.45. The number of halogens is 1. The molecule has 1 N–H and O–H groups in total. The average Bonchev–Trinajstić information content (AvgIpc) is 2.74.